The summed E-state index contributed by atoms with van der Waals surface area (Å²) in [6.45, 7) is 2.18. The van der Waals surface area contributed by atoms with Gasteiger partial charge in [0.05, 0.1) is 7.11 Å². The Bertz CT molecular complexity index is 529. The van der Waals surface area contributed by atoms with Gasteiger partial charge < -0.3 is 15.2 Å². The van der Waals surface area contributed by atoms with E-state index in [9.17, 15) is 0 Å². The van der Waals surface area contributed by atoms with Crippen molar-refractivity contribution in [3.05, 3.63) is 23.8 Å². The Morgan fingerprint density at radius 1 is 1.40 bits per heavy atom. The molecular formula is C16H22N2O2. The van der Waals surface area contributed by atoms with Crippen molar-refractivity contribution in [1.29, 1.82) is 0 Å². The average Bonchev–Trinajstić information content (AvgIpc) is 3.22. The monoisotopic (exact) mass is 274 g/mol. The molecule has 1 saturated carbocycles. The molecule has 0 aromatic heterocycles. The van der Waals surface area contributed by atoms with Gasteiger partial charge in [-0.2, -0.15) is 0 Å². The molecule has 2 atom stereocenters. The minimum atomic E-state index is -0.0820. The summed E-state index contributed by atoms with van der Waals surface area (Å²) >= 11 is 0. The van der Waals surface area contributed by atoms with Crippen molar-refractivity contribution in [3.63, 3.8) is 0 Å². The standard InChI is InChI=1S/C16H22N2O2/c1-19-12-4-5-13-14(17)9-16(20-15(13)8-12)6-7-18(10-16)11-2-3-11/h4-5,8,11,14H,2-3,6-7,9-10,17H2,1H3/t14-,16?/m0/s1. The second kappa shape index (κ2) is 4.37. The van der Waals surface area contributed by atoms with E-state index in [0.29, 0.717) is 0 Å². The lowest BCUT2D eigenvalue weighted by atomic mass is 9.87. The van der Waals surface area contributed by atoms with Gasteiger partial charge in [0.2, 0.25) is 0 Å². The molecule has 1 saturated heterocycles. The summed E-state index contributed by atoms with van der Waals surface area (Å²) in [6, 6.07) is 6.87. The van der Waals surface area contributed by atoms with E-state index in [0.717, 1.165) is 49.0 Å². The molecule has 1 aromatic carbocycles. The molecule has 4 heteroatoms. The maximum Gasteiger partial charge on any atom is 0.128 e. The van der Waals surface area contributed by atoms with Crippen LogP contribution in [0.4, 0.5) is 0 Å². The number of rotatable bonds is 2. The van der Waals surface area contributed by atoms with Crippen LogP contribution < -0.4 is 15.2 Å². The van der Waals surface area contributed by atoms with Crippen molar-refractivity contribution < 1.29 is 9.47 Å². The number of fused-ring (bicyclic) bond motifs is 1. The molecule has 1 spiro atoms. The Hall–Kier alpha value is -1.26. The van der Waals surface area contributed by atoms with E-state index in [2.05, 4.69) is 4.90 Å². The third-order valence-electron chi connectivity index (χ3n) is 4.95. The van der Waals surface area contributed by atoms with Crippen LogP contribution in [-0.4, -0.2) is 36.7 Å². The first kappa shape index (κ1) is 12.5. The Morgan fingerprint density at radius 3 is 3.00 bits per heavy atom. The highest BCUT2D eigenvalue weighted by Gasteiger charge is 2.48. The maximum atomic E-state index is 6.40. The first-order valence-electron chi connectivity index (χ1n) is 7.56. The Balaban J connectivity index is 1.62. The summed E-state index contributed by atoms with van der Waals surface area (Å²) in [4.78, 5) is 2.58. The van der Waals surface area contributed by atoms with Gasteiger partial charge in [0.15, 0.2) is 0 Å². The average molecular weight is 274 g/mol. The third-order valence-corrected chi connectivity index (χ3v) is 4.95. The second-order valence-electron chi connectivity index (χ2n) is 6.45. The summed E-state index contributed by atoms with van der Waals surface area (Å²) < 4.78 is 11.7. The molecule has 0 bridgehead atoms. The lowest BCUT2D eigenvalue weighted by molar-refractivity contribution is 0.0431. The van der Waals surface area contributed by atoms with E-state index in [4.69, 9.17) is 15.2 Å². The molecule has 4 nitrogen and oxygen atoms in total. The van der Waals surface area contributed by atoms with Crippen LogP contribution in [0.1, 0.15) is 37.3 Å². The van der Waals surface area contributed by atoms with Crippen LogP contribution in [0.3, 0.4) is 0 Å². The first-order valence-corrected chi connectivity index (χ1v) is 7.56. The smallest absolute Gasteiger partial charge is 0.128 e. The normalized spacial score (nSPS) is 33.0. The van der Waals surface area contributed by atoms with Crippen LogP contribution in [0, 0.1) is 0 Å². The molecule has 1 aliphatic carbocycles. The van der Waals surface area contributed by atoms with Gasteiger partial charge in [-0.25, -0.2) is 0 Å². The van der Waals surface area contributed by atoms with Gasteiger partial charge in [0.25, 0.3) is 0 Å². The highest BCUT2D eigenvalue weighted by molar-refractivity contribution is 5.44. The maximum absolute atomic E-state index is 6.40. The van der Waals surface area contributed by atoms with Crippen molar-refractivity contribution in [1.82, 2.24) is 4.90 Å². The van der Waals surface area contributed by atoms with E-state index in [1.807, 2.05) is 18.2 Å². The minimum Gasteiger partial charge on any atom is -0.497 e. The molecule has 108 valence electrons. The number of nitrogens with zero attached hydrogens (tertiary/aromatic N) is 1. The number of likely N-dealkylation sites (tertiary alicyclic amines) is 1. The van der Waals surface area contributed by atoms with Crippen molar-refractivity contribution >= 4 is 0 Å². The van der Waals surface area contributed by atoms with Crippen LogP contribution in [0.2, 0.25) is 0 Å². The van der Waals surface area contributed by atoms with Crippen LogP contribution in [-0.2, 0) is 0 Å². The number of hydrogen-bond donors (Lipinski definition) is 1. The Morgan fingerprint density at radius 2 is 2.25 bits per heavy atom. The third kappa shape index (κ3) is 1.98. The highest BCUT2D eigenvalue weighted by Crippen LogP contribution is 2.45. The van der Waals surface area contributed by atoms with E-state index in [1.54, 1.807) is 7.11 Å². The lowest BCUT2D eigenvalue weighted by Gasteiger charge is -2.39. The largest absolute Gasteiger partial charge is 0.497 e. The number of hydrogen-bond acceptors (Lipinski definition) is 4. The number of methoxy groups -OCH3 is 1. The van der Waals surface area contributed by atoms with Gasteiger partial charge in [-0.05, 0) is 18.9 Å². The van der Waals surface area contributed by atoms with E-state index < -0.39 is 0 Å². The molecule has 4 rings (SSSR count). The van der Waals surface area contributed by atoms with Crippen molar-refractivity contribution in [2.45, 2.75) is 43.4 Å². The topological polar surface area (TPSA) is 47.7 Å². The summed E-state index contributed by atoms with van der Waals surface area (Å²) in [5.74, 6) is 1.76. The fourth-order valence-electron chi connectivity index (χ4n) is 3.70. The number of nitrogens with two attached hydrogens (primary N) is 1. The van der Waals surface area contributed by atoms with Crippen LogP contribution in [0.25, 0.3) is 0 Å². The van der Waals surface area contributed by atoms with Gasteiger partial charge >= 0.3 is 0 Å². The zero-order valence-corrected chi connectivity index (χ0v) is 12.0. The molecule has 20 heavy (non-hydrogen) atoms. The number of ether oxygens (including phenoxy) is 2. The molecule has 1 unspecified atom stereocenters. The van der Waals surface area contributed by atoms with Crippen molar-refractivity contribution in [2.75, 3.05) is 20.2 Å². The van der Waals surface area contributed by atoms with Gasteiger partial charge in [-0.15, -0.1) is 0 Å². The van der Waals surface area contributed by atoms with Crippen molar-refractivity contribution in [3.8, 4) is 11.5 Å². The molecule has 1 aromatic rings. The molecule has 3 aliphatic rings. The van der Waals surface area contributed by atoms with Gasteiger partial charge in [-0.3, -0.25) is 4.90 Å². The molecule has 2 N–H and O–H groups in total. The van der Waals surface area contributed by atoms with Crippen molar-refractivity contribution in [2.24, 2.45) is 5.73 Å². The molecule has 0 radical (unpaired) electrons. The molecule has 0 amide bonds. The predicted octanol–water partition coefficient (Wildman–Crippen LogP) is 2.08. The predicted molar refractivity (Wildman–Crippen MR) is 77.1 cm³/mol. The number of benzene rings is 1. The fraction of sp³-hybridized carbons (Fsp3) is 0.625. The highest BCUT2D eigenvalue weighted by atomic mass is 16.5. The summed E-state index contributed by atoms with van der Waals surface area (Å²) in [5, 5.41) is 0. The second-order valence-corrected chi connectivity index (χ2v) is 6.45. The molecule has 2 fully saturated rings. The minimum absolute atomic E-state index is 0.0730. The van der Waals surface area contributed by atoms with Crippen LogP contribution in [0.5, 0.6) is 11.5 Å². The van der Waals surface area contributed by atoms with E-state index >= 15 is 0 Å². The molecule has 2 aliphatic heterocycles. The zero-order valence-electron chi connectivity index (χ0n) is 12.0. The zero-order chi connectivity index (χ0) is 13.7. The van der Waals surface area contributed by atoms with E-state index in [1.165, 1.54) is 12.8 Å². The quantitative estimate of drug-likeness (QED) is 0.897. The van der Waals surface area contributed by atoms with Crippen LogP contribution >= 0.6 is 0 Å². The summed E-state index contributed by atoms with van der Waals surface area (Å²) in [5.41, 5.74) is 7.42. The first-order chi connectivity index (χ1) is 9.69. The van der Waals surface area contributed by atoms with Gasteiger partial charge in [-0.1, -0.05) is 6.07 Å². The van der Waals surface area contributed by atoms with Gasteiger partial charge in [0, 0.05) is 49.6 Å². The summed E-state index contributed by atoms with van der Waals surface area (Å²) in [7, 11) is 1.69. The van der Waals surface area contributed by atoms with Crippen LogP contribution in [0.15, 0.2) is 18.2 Å². The van der Waals surface area contributed by atoms with E-state index in [-0.39, 0.29) is 11.6 Å². The Labute approximate surface area is 119 Å². The SMILES string of the molecule is COc1ccc2c(c1)OC1(CCN(C3CC3)C1)C[C@@H]2N. The molecular weight excluding hydrogens is 252 g/mol. The fourth-order valence-corrected chi connectivity index (χ4v) is 3.70. The Kier molecular flexibility index (Phi) is 2.72. The molecule has 2 heterocycles. The lowest BCUT2D eigenvalue weighted by Crippen LogP contribution is -2.45. The van der Waals surface area contributed by atoms with Gasteiger partial charge in [0.1, 0.15) is 17.1 Å². The summed E-state index contributed by atoms with van der Waals surface area (Å²) in [6.07, 6.45) is 4.72.